The average molecular weight is 578 g/mol. The van der Waals surface area contributed by atoms with Gasteiger partial charge in [0, 0.05) is 32.0 Å². The first-order valence-electron chi connectivity index (χ1n) is 13.0. The molecule has 1 fully saturated rings. The number of carbonyl (C=O) groups excluding carboxylic acids is 1. The third-order valence-corrected chi connectivity index (χ3v) is 7.61. The van der Waals surface area contributed by atoms with Gasteiger partial charge in [-0.05, 0) is 24.1 Å². The second kappa shape index (κ2) is 10.1. The van der Waals surface area contributed by atoms with Gasteiger partial charge in [0.15, 0.2) is 17.2 Å². The number of fused-ring (bicyclic) bond motifs is 2. The molecule has 1 N–H and O–H groups in total. The average Bonchev–Trinajstić information content (AvgIpc) is 3.12. The molecule has 1 saturated heterocycles. The first-order chi connectivity index (χ1) is 19.7. The number of aromatic nitrogens is 5. The highest BCUT2D eigenvalue weighted by atomic mass is 35.5. The minimum Gasteiger partial charge on any atom is -0.507 e. The van der Waals surface area contributed by atoms with Crippen LogP contribution in [0.1, 0.15) is 25.5 Å². The Kier molecular flexibility index (Phi) is 6.57. The molecule has 2 aliphatic heterocycles. The van der Waals surface area contributed by atoms with Crippen LogP contribution < -0.4 is 15.3 Å². The molecule has 3 aromatic heterocycles. The maximum Gasteiger partial charge on any atom is 0.357 e. The van der Waals surface area contributed by atoms with Crippen LogP contribution >= 0.6 is 11.6 Å². The molecular formula is C28H25ClFN7O4. The fraction of sp³-hybridized carbons (Fsp3) is 0.286. The number of hydrogen-bond donors (Lipinski definition) is 1. The molecule has 6 rings (SSSR count). The van der Waals surface area contributed by atoms with Crippen LogP contribution in [0.2, 0.25) is 5.02 Å². The van der Waals surface area contributed by atoms with Crippen molar-refractivity contribution in [2.45, 2.75) is 25.8 Å². The lowest BCUT2D eigenvalue weighted by Crippen LogP contribution is -2.56. The molecule has 0 saturated carbocycles. The van der Waals surface area contributed by atoms with Gasteiger partial charge in [0.1, 0.15) is 40.1 Å². The zero-order chi connectivity index (χ0) is 29.0. The Labute approximate surface area is 238 Å². The van der Waals surface area contributed by atoms with Crippen molar-refractivity contribution in [3.63, 3.8) is 0 Å². The largest absolute Gasteiger partial charge is 0.507 e. The van der Waals surface area contributed by atoms with Crippen molar-refractivity contribution in [3.05, 3.63) is 70.3 Å². The topological polar surface area (TPSA) is 127 Å². The number of carbonyl (C=O) groups is 1. The molecule has 1 amide bonds. The van der Waals surface area contributed by atoms with Gasteiger partial charge in [-0.25, -0.2) is 23.7 Å². The smallest absolute Gasteiger partial charge is 0.357 e. The summed E-state index contributed by atoms with van der Waals surface area (Å²) in [6, 6.07) is 3.46. The van der Waals surface area contributed by atoms with Crippen LogP contribution in [0.4, 0.5) is 10.2 Å². The monoisotopic (exact) mass is 577 g/mol. The minimum atomic E-state index is -0.763. The van der Waals surface area contributed by atoms with Gasteiger partial charge >= 0.3 is 5.69 Å². The lowest BCUT2D eigenvalue weighted by molar-refractivity contribution is -0.126. The lowest BCUT2D eigenvalue weighted by atomic mass is 10.1. The summed E-state index contributed by atoms with van der Waals surface area (Å²) in [5.41, 5.74) is -0.475. The summed E-state index contributed by atoms with van der Waals surface area (Å²) < 4.78 is 22.6. The van der Waals surface area contributed by atoms with E-state index in [9.17, 15) is 14.7 Å². The molecule has 1 aromatic carbocycles. The van der Waals surface area contributed by atoms with E-state index in [4.69, 9.17) is 16.3 Å². The zero-order valence-electron chi connectivity index (χ0n) is 22.2. The van der Waals surface area contributed by atoms with Crippen LogP contribution in [0.25, 0.3) is 28.1 Å². The highest BCUT2D eigenvalue weighted by Crippen LogP contribution is 2.46. The third kappa shape index (κ3) is 4.26. The Hall–Kier alpha value is -4.58. The van der Waals surface area contributed by atoms with E-state index in [1.807, 2.05) is 18.7 Å². The third-order valence-electron chi connectivity index (χ3n) is 7.26. The summed E-state index contributed by atoms with van der Waals surface area (Å²) in [5.74, 6) is -0.884. The molecule has 0 bridgehead atoms. The molecule has 0 unspecified atom stereocenters. The summed E-state index contributed by atoms with van der Waals surface area (Å²) in [6.07, 6.45) is 4.23. The van der Waals surface area contributed by atoms with Crippen molar-refractivity contribution in [1.29, 1.82) is 0 Å². The van der Waals surface area contributed by atoms with Gasteiger partial charge < -0.3 is 19.6 Å². The second-order valence-corrected chi connectivity index (χ2v) is 10.4. The van der Waals surface area contributed by atoms with Crippen LogP contribution in [-0.2, 0) is 4.79 Å². The number of benzene rings is 1. The molecule has 13 heteroatoms. The van der Waals surface area contributed by atoms with Gasteiger partial charge in [-0.2, -0.15) is 4.98 Å². The van der Waals surface area contributed by atoms with E-state index in [1.165, 1.54) is 41.2 Å². The number of pyridine rings is 1. The molecule has 210 valence electrons. The van der Waals surface area contributed by atoms with E-state index in [1.54, 1.807) is 4.90 Å². The van der Waals surface area contributed by atoms with Crippen molar-refractivity contribution in [3.8, 4) is 28.6 Å². The number of ether oxygens (including phenoxy) is 1. The summed E-state index contributed by atoms with van der Waals surface area (Å²) in [5, 5.41) is 10.9. The van der Waals surface area contributed by atoms with Gasteiger partial charge in [0.05, 0.1) is 17.3 Å². The quantitative estimate of drug-likeness (QED) is 0.363. The summed E-state index contributed by atoms with van der Waals surface area (Å²) in [4.78, 5) is 47.8. The van der Waals surface area contributed by atoms with E-state index in [2.05, 4.69) is 26.5 Å². The van der Waals surface area contributed by atoms with E-state index < -0.39 is 11.5 Å². The SMILES string of the molecule is C=CC(=O)N1CCN2c3nc(=O)n(-c4nccnc4C(C)C)c4nc(-c5c(O)cccc5F)c(Cl)c(c34)OC[C@H]2C1. The predicted molar refractivity (Wildman–Crippen MR) is 150 cm³/mol. The highest BCUT2D eigenvalue weighted by Gasteiger charge is 2.37. The molecule has 5 heterocycles. The Balaban J connectivity index is 1.69. The lowest BCUT2D eigenvalue weighted by Gasteiger charge is -2.40. The van der Waals surface area contributed by atoms with Gasteiger partial charge in [0.2, 0.25) is 5.91 Å². The van der Waals surface area contributed by atoms with Gasteiger partial charge in [-0.1, -0.05) is 38.1 Å². The summed E-state index contributed by atoms with van der Waals surface area (Å²) in [6.45, 7) is 8.49. The molecule has 1 atom stereocenters. The number of phenols is 1. The molecule has 0 radical (unpaired) electrons. The van der Waals surface area contributed by atoms with Crippen LogP contribution in [0, 0.1) is 5.82 Å². The van der Waals surface area contributed by atoms with Crippen LogP contribution in [-0.4, -0.2) is 72.7 Å². The summed E-state index contributed by atoms with van der Waals surface area (Å²) in [7, 11) is 0. The molecule has 11 nitrogen and oxygen atoms in total. The van der Waals surface area contributed by atoms with Gasteiger partial charge in [0.25, 0.3) is 0 Å². The number of hydrogen-bond acceptors (Lipinski definition) is 9. The molecule has 0 spiro atoms. The Morgan fingerprint density at radius 3 is 2.73 bits per heavy atom. The van der Waals surface area contributed by atoms with Crippen molar-refractivity contribution in [2.75, 3.05) is 31.1 Å². The van der Waals surface area contributed by atoms with Crippen LogP contribution in [0.3, 0.4) is 0 Å². The van der Waals surface area contributed by atoms with Crippen LogP contribution in [0.5, 0.6) is 11.5 Å². The van der Waals surface area contributed by atoms with Crippen LogP contribution in [0.15, 0.2) is 48.0 Å². The zero-order valence-corrected chi connectivity index (χ0v) is 23.0. The van der Waals surface area contributed by atoms with Crippen molar-refractivity contribution >= 4 is 34.4 Å². The molecule has 2 aliphatic rings. The van der Waals surface area contributed by atoms with Crippen molar-refractivity contribution < 1.29 is 19.0 Å². The van der Waals surface area contributed by atoms with E-state index in [0.717, 1.165) is 0 Å². The fourth-order valence-electron chi connectivity index (χ4n) is 5.33. The highest BCUT2D eigenvalue weighted by molar-refractivity contribution is 6.36. The Morgan fingerprint density at radius 1 is 1.22 bits per heavy atom. The number of phenolic OH excluding ortho intramolecular Hbond substituents is 1. The van der Waals surface area contributed by atoms with E-state index in [-0.39, 0.29) is 69.5 Å². The maximum absolute atomic E-state index is 15.1. The maximum atomic E-state index is 15.1. The number of halogens is 2. The van der Waals surface area contributed by atoms with Crippen molar-refractivity contribution in [2.24, 2.45) is 0 Å². The number of amides is 1. The molecule has 0 aliphatic carbocycles. The van der Waals surface area contributed by atoms with Gasteiger partial charge in [-0.15, -0.1) is 0 Å². The number of anilines is 1. The number of piperazine rings is 1. The van der Waals surface area contributed by atoms with E-state index in [0.29, 0.717) is 30.7 Å². The number of rotatable bonds is 4. The first kappa shape index (κ1) is 26.6. The van der Waals surface area contributed by atoms with Crippen molar-refractivity contribution in [1.82, 2.24) is 29.4 Å². The second-order valence-electron chi connectivity index (χ2n) is 10.1. The number of nitrogens with zero attached hydrogens (tertiary/aromatic N) is 7. The normalized spacial score (nSPS) is 16.4. The minimum absolute atomic E-state index is 0.0599. The fourth-order valence-corrected chi connectivity index (χ4v) is 5.62. The van der Waals surface area contributed by atoms with E-state index >= 15 is 4.39 Å². The molecular weight excluding hydrogens is 553 g/mol. The Bertz CT molecular complexity index is 1770. The summed E-state index contributed by atoms with van der Waals surface area (Å²) >= 11 is 6.86. The molecule has 4 aromatic rings. The molecule has 41 heavy (non-hydrogen) atoms. The van der Waals surface area contributed by atoms with Gasteiger partial charge in [-0.3, -0.25) is 9.78 Å². The predicted octanol–water partition coefficient (Wildman–Crippen LogP) is 3.45. The standard InChI is InChI=1S/C28H25ClFN7O4/c1-4-18(39)35-10-11-36-15(12-35)13-41-24-20-25(36)34-28(40)37(27-22(14(2)3)31-8-9-32-27)26(20)33-23(21(24)29)19-16(30)6-5-7-17(19)38/h4-9,14-15,38H,1,10-13H2,2-3H3/t15-/m1/s1. The first-order valence-corrected chi connectivity index (χ1v) is 13.3. The Morgan fingerprint density at radius 2 is 2.00 bits per heavy atom. The number of aromatic hydroxyl groups is 1.